The molecule has 2 N–H and O–H groups in total. The van der Waals surface area contributed by atoms with Gasteiger partial charge in [-0.1, -0.05) is 6.07 Å². The van der Waals surface area contributed by atoms with Gasteiger partial charge in [-0.05, 0) is 72.0 Å². The predicted molar refractivity (Wildman–Crippen MR) is 136 cm³/mol. The van der Waals surface area contributed by atoms with Crippen LogP contribution in [0.25, 0.3) is 11.1 Å². The molecule has 0 fully saturated rings. The molecule has 3 aromatic rings. The van der Waals surface area contributed by atoms with Crippen molar-refractivity contribution in [2.24, 2.45) is 5.11 Å². The number of fused-ring (bicyclic) bond motifs is 3. The molecule has 0 saturated carbocycles. The molecule has 1 unspecified atom stereocenters. The maximum absolute atomic E-state index is 13.2. The lowest BCUT2D eigenvalue weighted by atomic mass is 9.95. The van der Waals surface area contributed by atoms with Crippen LogP contribution in [0.3, 0.4) is 0 Å². The topological polar surface area (TPSA) is 133 Å². The molecular weight excluding hydrogens is 476 g/mol. The Balaban J connectivity index is 1.88. The number of nitrogens with one attached hydrogen (secondary N) is 2. The standard InChI is InChI=1S/C27H26N4O6/c1-34-22-12-10-18-19(14-21(22)32)20(29-27(33)15-5-8-17(9-6-15)30-31-28)11-7-16-13-23(35-2)25(36-3)26(37-4)24(16)18/h5-6,8-10,12-14,20,28H,7,11H2,1-4H3/p+1. The molecule has 37 heavy (non-hydrogen) atoms. The molecular formula is C27H27N4O6+. The highest BCUT2D eigenvalue weighted by Crippen LogP contribution is 2.50. The quantitative estimate of drug-likeness (QED) is 0.364. The molecule has 1 aliphatic carbocycles. The fourth-order valence-electron chi connectivity index (χ4n) is 4.60. The van der Waals surface area contributed by atoms with Gasteiger partial charge in [0.2, 0.25) is 16.1 Å². The predicted octanol–water partition coefficient (Wildman–Crippen LogP) is 4.35. The summed E-state index contributed by atoms with van der Waals surface area (Å²) in [4.78, 5) is 29.2. The zero-order valence-electron chi connectivity index (χ0n) is 21.0. The Bertz CT molecular complexity index is 1450. The number of methoxy groups -OCH3 is 4. The normalized spacial score (nSPS) is 13.7. The average molecular weight is 504 g/mol. The molecule has 0 spiro atoms. The summed E-state index contributed by atoms with van der Waals surface area (Å²) in [5, 5.41) is 6.72. The second kappa shape index (κ2) is 10.9. The molecule has 190 valence electrons. The van der Waals surface area contributed by atoms with Crippen molar-refractivity contribution in [3.8, 4) is 34.1 Å². The SMILES string of the molecule is COc1cc2c(c(OC)c1OC)-c1ccc(OC)c(=O)cc1C(NC(=O)c1ccc(N=[N+]=N)cc1)CC2. The molecule has 1 amide bonds. The Kier molecular flexibility index (Phi) is 7.50. The smallest absolute Gasteiger partial charge is 0.251 e. The molecule has 1 atom stereocenters. The van der Waals surface area contributed by atoms with E-state index in [1.54, 1.807) is 50.6 Å². The van der Waals surface area contributed by atoms with E-state index in [0.717, 1.165) is 11.1 Å². The first-order chi connectivity index (χ1) is 17.9. The highest BCUT2D eigenvalue weighted by atomic mass is 16.5. The summed E-state index contributed by atoms with van der Waals surface area (Å²) in [5.41, 5.74) is 10.4. The van der Waals surface area contributed by atoms with Gasteiger partial charge in [0.25, 0.3) is 5.91 Å². The fraction of sp³-hybridized carbons (Fsp3) is 0.259. The minimum absolute atomic E-state index is 0.179. The summed E-state index contributed by atoms with van der Waals surface area (Å²) in [6, 6.07) is 12.7. The molecule has 0 bridgehead atoms. The van der Waals surface area contributed by atoms with E-state index in [4.69, 9.17) is 24.5 Å². The van der Waals surface area contributed by atoms with Gasteiger partial charge in [0.05, 0.1) is 34.5 Å². The third-order valence-corrected chi connectivity index (χ3v) is 6.32. The summed E-state index contributed by atoms with van der Waals surface area (Å²) in [6.07, 6.45) is 1.09. The van der Waals surface area contributed by atoms with Gasteiger partial charge in [-0.25, -0.2) is 0 Å². The minimum Gasteiger partial charge on any atom is -0.493 e. The number of ether oxygens (including phenoxy) is 4. The van der Waals surface area contributed by atoms with E-state index >= 15 is 0 Å². The van der Waals surface area contributed by atoms with E-state index in [1.807, 2.05) is 6.07 Å². The van der Waals surface area contributed by atoms with Gasteiger partial charge in [-0.15, -0.1) is 0 Å². The van der Waals surface area contributed by atoms with E-state index in [-0.39, 0.29) is 17.1 Å². The van der Waals surface area contributed by atoms with Crippen molar-refractivity contribution >= 4 is 11.6 Å². The average Bonchev–Trinajstić information content (AvgIpc) is 3.16. The van der Waals surface area contributed by atoms with Gasteiger partial charge in [-0.2, -0.15) is 0 Å². The molecule has 10 heteroatoms. The number of aryl methyl sites for hydroxylation is 1. The van der Waals surface area contributed by atoms with E-state index in [2.05, 4.69) is 15.3 Å². The van der Waals surface area contributed by atoms with Crippen LogP contribution in [0.5, 0.6) is 23.0 Å². The molecule has 10 nitrogen and oxygen atoms in total. The van der Waals surface area contributed by atoms with Gasteiger partial charge in [-0.3, -0.25) is 9.59 Å². The number of nitrogens with zero attached hydrogens (tertiary/aromatic N) is 2. The van der Waals surface area contributed by atoms with E-state index in [1.165, 1.54) is 20.3 Å². The first-order valence-corrected chi connectivity index (χ1v) is 11.5. The van der Waals surface area contributed by atoms with Crippen molar-refractivity contribution in [1.82, 2.24) is 10.2 Å². The molecule has 0 aliphatic heterocycles. The van der Waals surface area contributed by atoms with Gasteiger partial charge in [0.15, 0.2) is 28.1 Å². The molecule has 4 rings (SSSR count). The lowest BCUT2D eigenvalue weighted by Gasteiger charge is -2.20. The maximum Gasteiger partial charge on any atom is 0.251 e. The zero-order valence-corrected chi connectivity index (χ0v) is 21.0. The van der Waals surface area contributed by atoms with Crippen molar-refractivity contribution in [3.05, 3.63) is 75.4 Å². The lowest BCUT2D eigenvalue weighted by Crippen LogP contribution is -2.29. The first-order valence-electron chi connectivity index (χ1n) is 11.5. The first kappa shape index (κ1) is 25.4. The lowest BCUT2D eigenvalue weighted by molar-refractivity contribution is 0.0935. The van der Waals surface area contributed by atoms with E-state index in [9.17, 15) is 9.59 Å². The third kappa shape index (κ3) is 4.87. The number of hydrogen-bond acceptors (Lipinski definition) is 8. The van der Waals surface area contributed by atoms with Crippen LogP contribution in [0.1, 0.15) is 33.9 Å². The van der Waals surface area contributed by atoms with Gasteiger partial charge in [0, 0.05) is 11.1 Å². The second-order valence-corrected chi connectivity index (χ2v) is 8.27. The Morgan fingerprint density at radius 2 is 1.65 bits per heavy atom. The Morgan fingerprint density at radius 1 is 0.946 bits per heavy atom. The maximum atomic E-state index is 13.2. The van der Waals surface area contributed by atoms with Crippen LogP contribution in [0.2, 0.25) is 0 Å². The summed E-state index contributed by atoms with van der Waals surface area (Å²) < 4.78 is 22.3. The van der Waals surface area contributed by atoms with Crippen LogP contribution in [-0.2, 0) is 6.42 Å². The summed E-state index contributed by atoms with van der Waals surface area (Å²) >= 11 is 0. The zero-order chi connectivity index (χ0) is 26.5. The van der Waals surface area contributed by atoms with Crippen LogP contribution >= 0.6 is 0 Å². The number of hydrogen-bond donors (Lipinski definition) is 2. The van der Waals surface area contributed by atoms with Crippen LogP contribution in [-0.4, -0.2) is 34.3 Å². The van der Waals surface area contributed by atoms with Crippen molar-refractivity contribution in [1.29, 1.82) is 5.53 Å². The van der Waals surface area contributed by atoms with Gasteiger partial charge < -0.3 is 24.3 Å². The number of carbonyl (C=O) groups is 1. The minimum atomic E-state index is -0.492. The monoisotopic (exact) mass is 503 g/mol. The highest BCUT2D eigenvalue weighted by molar-refractivity contribution is 5.95. The van der Waals surface area contributed by atoms with E-state index < -0.39 is 6.04 Å². The third-order valence-electron chi connectivity index (χ3n) is 6.32. The Labute approximate surface area is 213 Å². The molecule has 0 radical (unpaired) electrons. The Morgan fingerprint density at radius 3 is 2.27 bits per heavy atom. The molecule has 1 aliphatic rings. The van der Waals surface area contributed by atoms with Crippen LogP contribution in [0.4, 0.5) is 5.69 Å². The van der Waals surface area contributed by atoms with Crippen molar-refractivity contribution < 1.29 is 23.7 Å². The van der Waals surface area contributed by atoms with Gasteiger partial charge >= 0.3 is 0 Å². The fourth-order valence-corrected chi connectivity index (χ4v) is 4.60. The van der Waals surface area contributed by atoms with Crippen molar-refractivity contribution in [2.45, 2.75) is 18.9 Å². The van der Waals surface area contributed by atoms with Crippen LogP contribution in [0, 0.1) is 5.53 Å². The number of amides is 1. The number of benzene rings is 2. The summed E-state index contributed by atoms with van der Waals surface area (Å²) in [6.45, 7) is 0. The van der Waals surface area contributed by atoms with Crippen molar-refractivity contribution in [3.63, 3.8) is 0 Å². The molecule has 0 saturated heterocycles. The van der Waals surface area contributed by atoms with Crippen molar-refractivity contribution in [2.75, 3.05) is 28.4 Å². The number of carbonyl (C=O) groups excluding carboxylic acids is 1. The summed E-state index contributed by atoms with van der Waals surface area (Å²) in [5.74, 6) is 1.29. The van der Waals surface area contributed by atoms with Gasteiger partial charge in [0.1, 0.15) is 5.53 Å². The van der Waals surface area contributed by atoms with Crippen LogP contribution < -0.4 is 34.6 Å². The highest BCUT2D eigenvalue weighted by Gasteiger charge is 2.30. The Hall–Kier alpha value is -4.69. The molecule has 3 aromatic carbocycles. The number of rotatable bonds is 7. The van der Waals surface area contributed by atoms with E-state index in [0.29, 0.717) is 52.5 Å². The largest absolute Gasteiger partial charge is 0.493 e. The summed E-state index contributed by atoms with van der Waals surface area (Å²) in [7, 11) is 6.08. The van der Waals surface area contributed by atoms with Crippen LogP contribution in [0.15, 0.2) is 58.4 Å². The molecule has 0 heterocycles. The second-order valence-electron chi connectivity index (χ2n) is 8.27. The molecule has 0 aromatic heterocycles.